The Morgan fingerprint density at radius 2 is 1.85 bits per heavy atom. The van der Waals surface area contributed by atoms with Gasteiger partial charge in [-0.2, -0.15) is 5.26 Å². The maximum absolute atomic E-state index is 12.1. The zero-order chi connectivity index (χ0) is 15.2. The van der Waals surface area contributed by atoms with Crippen LogP contribution in [0.2, 0.25) is 0 Å². The maximum atomic E-state index is 12.1. The van der Waals surface area contributed by atoms with Crippen molar-refractivity contribution in [1.29, 1.82) is 5.26 Å². The fourth-order valence-corrected chi connectivity index (χ4v) is 2.58. The van der Waals surface area contributed by atoms with Crippen LogP contribution in [0.3, 0.4) is 0 Å². The number of esters is 2. The normalized spacial score (nSPS) is 20.3. The molecule has 1 rings (SSSR count). The molecular weight excluding hydrogens is 258 g/mol. The summed E-state index contributed by atoms with van der Waals surface area (Å²) in [4.78, 5) is 23.1. The van der Waals surface area contributed by atoms with Gasteiger partial charge in [-0.05, 0) is 12.8 Å². The first kappa shape index (κ1) is 16.5. The summed E-state index contributed by atoms with van der Waals surface area (Å²) in [6, 6.07) is 2.28. The molecule has 1 atom stereocenters. The molecule has 0 aromatic heterocycles. The van der Waals surface area contributed by atoms with Crippen LogP contribution < -0.4 is 0 Å². The second kappa shape index (κ2) is 6.74. The summed E-state index contributed by atoms with van der Waals surface area (Å²) in [5.41, 5.74) is -0.611. The number of ether oxygens (including phenoxy) is 2. The molecule has 1 fully saturated rings. The van der Waals surface area contributed by atoms with E-state index in [1.54, 1.807) is 13.8 Å². The maximum Gasteiger partial charge on any atom is 0.310 e. The Kier molecular flexibility index (Phi) is 5.55. The van der Waals surface area contributed by atoms with Crippen LogP contribution in [0.15, 0.2) is 0 Å². The van der Waals surface area contributed by atoms with E-state index in [0.29, 0.717) is 6.42 Å². The lowest BCUT2D eigenvalue weighted by Crippen LogP contribution is -2.37. The van der Waals surface area contributed by atoms with E-state index in [1.165, 1.54) is 6.92 Å². The Balaban J connectivity index is 2.65. The molecule has 5 heteroatoms. The lowest BCUT2D eigenvalue weighted by Gasteiger charge is -2.32. The molecule has 0 N–H and O–H groups in total. The Bertz CT molecular complexity index is 407. The molecule has 0 radical (unpaired) electrons. The minimum atomic E-state index is -1.24. The summed E-state index contributed by atoms with van der Waals surface area (Å²) in [7, 11) is 0. The zero-order valence-corrected chi connectivity index (χ0v) is 12.5. The minimum absolute atomic E-state index is 0.0698. The van der Waals surface area contributed by atoms with Gasteiger partial charge in [0.05, 0.1) is 17.9 Å². The second-order valence-corrected chi connectivity index (χ2v) is 5.68. The number of nitriles is 1. The third-order valence-corrected chi connectivity index (χ3v) is 3.86. The highest BCUT2D eigenvalue weighted by molar-refractivity contribution is 5.72. The van der Waals surface area contributed by atoms with Crippen molar-refractivity contribution >= 4 is 11.9 Å². The van der Waals surface area contributed by atoms with Crippen LogP contribution in [-0.4, -0.2) is 17.7 Å². The van der Waals surface area contributed by atoms with E-state index in [2.05, 4.69) is 6.07 Å². The molecule has 20 heavy (non-hydrogen) atoms. The Morgan fingerprint density at radius 1 is 1.25 bits per heavy atom. The van der Waals surface area contributed by atoms with Crippen LogP contribution in [-0.2, 0) is 19.1 Å². The lowest BCUT2D eigenvalue weighted by molar-refractivity contribution is -0.223. The molecule has 112 valence electrons. The van der Waals surface area contributed by atoms with Gasteiger partial charge in [0.1, 0.15) is 0 Å². The van der Waals surface area contributed by atoms with Crippen LogP contribution in [0.25, 0.3) is 0 Å². The van der Waals surface area contributed by atoms with Gasteiger partial charge in [0.2, 0.25) is 0 Å². The fraction of sp³-hybridized carbons (Fsp3) is 0.800. The van der Waals surface area contributed by atoms with Gasteiger partial charge in [0.25, 0.3) is 5.79 Å². The molecule has 1 saturated carbocycles. The van der Waals surface area contributed by atoms with Gasteiger partial charge in [-0.3, -0.25) is 9.59 Å². The van der Waals surface area contributed by atoms with Crippen LogP contribution in [0.4, 0.5) is 0 Å². The van der Waals surface area contributed by atoms with Crippen LogP contribution >= 0.6 is 0 Å². The summed E-state index contributed by atoms with van der Waals surface area (Å²) < 4.78 is 10.3. The minimum Gasteiger partial charge on any atom is -0.423 e. The van der Waals surface area contributed by atoms with E-state index >= 15 is 0 Å². The van der Waals surface area contributed by atoms with Gasteiger partial charge in [-0.25, -0.2) is 0 Å². The average molecular weight is 281 g/mol. The summed E-state index contributed by atoms with van der Waals surface area (Å²) in [6.07, 6.45) is 4.95. The van der Waals surface area contributed by atoms with E-state index in [1.807, 2.05) is 0 Å². The molecule has 0 spiro atoms. The van der Waals surface area contributed by atoms with E-state index < -0.39 is 23.1 Å². The van der Waals surface area contributed by atoms with Crippen LogP contribution in [0, 0.1) is 16.7 Å². The fourth-order valence-electron chi connectivity index (χ4n) is 2.58. The standard InChI is InChI=1S/C15H23NO4/c1-4-14(3,19-12(2)17)20-13(18)10-15(11-16)8-6-5-7-9-15/h4-10H2,1-3H3. The number of carbonyl (C=O) groups is 2. The largest absolute Gasteiger partial charge is 0.423 e. The van der Waals surface area contributed by atoms with Gasteiger partial charge in [0.15, 0.2) is 0 Å². The molecule has 1 aliphatic rings. The van der Waals surface area contributed by atoms with E-state index in [-0.39, 0.29) is 6.42 Å². The van der Waals surface area contributed by atoms with Crippen molar-refractivity contribution in [3.63, 3.8) is 0 Å². The van der Waals surface area contributed by atoms with Gasteiger partial charge in [0, 0.05) is 20.3 Å². The van der Waals surface area contributed by atoms with Gasteiger partial charge >= 0.3 is 11.9 Å². The smallest absolute Gasteiger partial charge is 0.310 e. The Hall–Kier alpha value is -1.57. The molecule has 0 amide bonds. The average Bonchev–Trinajstić information content (AvgIpc) is 2.38. The van der Waals surface area contributed by atoms with Gasteiger partial charge < -0.3 is 9.47 Å². The number of nitrogens with zero attached hydrogens (tertiary/aromatic N) is 1. The summed E-state index contributed by atoms with van der Waals surface area (Å²) in [5, 5.41) is 9.35. The molecule has 5 nitrogen and oxygen atoms in total. The van der Waals surface area contributed by atoms with Crippen molar-refractivity contribution in [2.45, 2.75) is 71.5 Å². The molecule has 1 unspecified atom stereocenters. The Morgan fingerprint density at radius 3 is 2.30 bits per heavy atom. The predicted octanol–water partition coefficient (Wildman–Crippen LogP) is 3.08. The van der Waals surface area contributed by atoms with Gasteiger partial charge in [-0.15, -0.1) is 0 Å². The molecule has 0 aromatic carbocycles. The number of rotatable bonds is 5. The predicted molar refractivity (Wildman–Crippen MR) is 72.3 cm³/mol. The summed E-state index contributed by atoms with van der Waals surface area (Å²) in [6.45, 7) is 4.61. The highest BCUT2D eigenvalue weighted by atomic mass is 16.7. The second-order valence-electron chi connectivity index (χ2n) is 5.68. The third-order valence-electron chi connectivity index (χ3n) is 3.86. The van der Waals surface area contributed by atoms with E-state index in [9.17, 15) is 14.9 Å². The van der Waals surface area contributed by atoms with Crippen molar-refractivity contribution in [1.82, 2.24) is 0 Å². The quantitative estimate of drug-likeness (QED) is 0.571. The first-order valence-electron chi connectivity index (χ1n) is 7.17. The first-order valence-corrected chi connectivity index (χ1v) is 7.17. The molecular formula is C15H23NO4. The van der Waals surface area contributed by atoms with Crippen molar-refractivity contribution in [2.24, 2.45) is 5.41 Å². The highest BCUT2D eigenvalue weighted by Gasteiger charge is 2.38. The molecule has 0 bridgehead atoms. The SMILES string of the molecule is CCC(C)(OC(C)=O)OC(=O)CC1(C#N)CCCCC1. The van der Waals surface area contributed by atoms with Crippen LogP contribution in [0.5, 0.6) is 0 Å². The van der Waals surface area contributed by atoms with Crippen molar-refractivity contribution < 1.29 is 19.1 Å². The summed E-state index contributed by atoms with van der Waals surface area (Å²) >= 11 is 0. The molecule has 0 aliphatic heterocycles. The number of hydrogen-bond acceptors (Lipinski definition) is 5. The molecule has 0 saturated heterocycles. The molecule has 1 aliphatic carbocycles. The Labute approximate surface area is 120 Å². The zero-order valence-electron chi connectivity index (χ0n) is 12.5. The van der Waals surface area contributed by atoms with Crippen molar-refractivity contribution in [2.75, 3.05) is 0 Å². The van der Waals surface area contributed by atoms with Crippen molar-refractivity contribution in [3.8, 4) is 6.07 Å². The number of hydrogen-bond donors (Lipinski definition) is 0. The summed E-state index contributed by atoms with van der Waals surface area (Å²) in [5.74, 6) is -2.21. The van der Waals surface area contributed by atoms with Crippen LogP contribution in [0.1, 0.15) is 65.7 Å². The monoisotopic (exact) mass is 281 g/mol. The van der Waals surface area contributed by atoms with E-state index in [0.717, 1.165) is 32.1 Å². The lowest BCUT2D eigenvalue weighted by atomic mass is 9.73. The number of carbonyl (C=O) groups excluding carboxylic acids is 2. The van der Waals surface area contributed by atoms with Gasteiger partial charge in [-0.1, -0.05) is 26.2 Å². The molecule has 0 heterocycles. The third kappa shape index (κ3) is 4.52. The van der Waals surface area contributed by atoms with Crippen molar-refractivity contribution in [3.05, 3.63) is 0 Å². The topological polar surface area (TPSA) is 76.4 Å². The first-order chi connectivity index (χ1) is 9.35. The molecule has 0 aromatic rings. The highest BCUT2D eigenvalue weighted by Crippen LogP contribution is 2.39. The van der Waals surface area contributed by atoms with E-state index in [4.69, 9.17) is 9.47 Å².